The summed E-state index contributed by atoms with van der Waals surface area (Å²) < 4.78 is 6.15. The maximum Gasteiger partial charge on any atom is 0.261 e. The highest BCUT2D eigenvalue weighted by molar-refractivity contribution is 6.30. The van der Waals surface area contributed by atoms with Crippen LogP contribution in [-0.4, -0.2) is 35.4 Å². The molecule has 0 heterocycles. The summed E-state index contributed by atoms with van der Waals surface area (Å²) in [7, 11) is 0. The first-order valence-corrected chi connectivity index (χ1v) is 14.7. The van der Waals surface area contributed by atoms with Gasteiger partial charge in [-0.3, -0.25) is 9.59 Å². The van der Waals surface area contributed by atoms with Gasteiger partial charge in [0.15, 0.2) is 6.61 Å². The Bertz CT molecular complexity index is 1250. The van der Waals surface area contributed by atoms with Gasteiger partial charge in [-0.1, -0.05) is 112 Å². The largest absolute Gasteiger partial charge is 0.483 e. The minimum Gasteiger partial charge on any atom is -0.483 e. The summed E-state index contributed by atoms with van der Waals surface area (Å²) in [6, 6.07) is 24.6. The molecular formula is C34H41ClN2O3. The zero-order valence-corrected chi connectivity index (χ0v) is 24.6. The molecule has 1 aliphatic rings. The summed E-state index contributed by atoms with van der Waals surface area (Å²) in [6.45, 7) is 6.47. The standard InChI is InChI=1S/C34H41ClN2O3/c1-34(2,3)29-16-10-11-17-31(29)40-24-32(38)37(23-26-18-20-27(35)21-19-26)30(22-25-12-6-4-7-13-25)33(39)36-28-14-8-5-9-15-28/h4,6-7,10-13,16-21,28,30H,5,8-9,14-15,22-24H2,1-3H3,(H,36,39). The lowest BCUT2D eigenvalue weighted by atomic mass is 9.86. The van der Waals surface area contributed by atoms with Gasteiger partial charge in [0, 0.05) is 24.0 Å². The molecule has 0 aliphatic heterocycles. The van der Waals surface area contributed by atoms with Crippen molar-refractivity contribution in [2.75, 3.05) is 6.61 Å². The second-order valence-electron chi connectivity index (χ2n) is 11.7. The Morgan fingerprint density at radius 3 is 2.23 bits per heavy atom. The molecular weight excluding hydrogens is 520 g/mol. The molecule has 1 atom stereocenters. The minimum atomic E-state index is -0.686. The third-order valence-corrected chi connectivity index (χ3v) is 7.79. The number of hydrogen-bond donors (Lipinski definition) is 1. The molecule has 0 radical (unpaired) electrons. The Morgan fingerprint density at radius 2 is 1.55 bits per heavy atom. The van der Waals surface area contributed by atoms with Crippen molar-refractivity contribution in [1.82, 2.24) is 10.2 Å². The second-order valence-corrected chi connectivity index (χ2v) is 12.2. The van der Waals surface area contributed by atoms with E-state index in [0.29, 0.717) is 17.2 Å². The van der Waals surface area contributed by atoms with Gasteiger partial charge >= 0.3 is 0 Å². The molecule has 212 valence electrons. The van der Waals surface area contributed by atoms with Gasteiger partial charge < -0.3 is 15.0 Å². The number of carbonyl (C=O) groups excluding carboxylic acids is 2. The predicted octanol–water partition coefficient (Wildman–Crippen LogP) is 7.11. The highest BCUT2D eigenvalue weighted by Gasteiger charge is 2.32. The van der Waals surface area contributed by atoms with E-state index in [1.54, 1.807) is 4.90 Å². The monoisotopic (exact) mass is 560 g/mol. The molecule has 1 aliphatic carbocycles. The van der Waals surface area contributed by atoms with Crippen molar-refractivity contribution in [3.8, 4) is 5.75 Å². The molecule has 1 fully saturated rings. The average molecular weight is 561 g/mol. The number of rotatable bonds is 10. The van der Waals surface area contributed by atoms with Gasteiger partial charge in [-0.05, 0) is 53.1 Å². The molecule has 0 saturated heterocycles. The molecule has 0 bridgehead atoms. The van der Waals surface area contributed by atoms with Crippen LogP contribution in [0.3, 0.4) is 0 Å². The molecule has 1 unspecified atom stereocenters. The van der Waals surface area contributed by atoms with Gasteiger partial charge in [-0.2, -0.15) is 0 Å². The summed E-state index contributed by atoms with van der Waals surface area (Å²) >= 11 is 6.14. The van der Waals surface area contributed by atoms with Crippen molar-refractivity contribution in [3.05, 3.63) is 101 Å². The molecule has 2 amide bonds. The number of nitrogens with one attached hydrogen (secondary N) is 1. The van der Waals surface area contributed by atoms with Crippen LogP contribution in [0, 0.1) is 0 Å². The maximum atomic E-state index is 14.0. The van der Waals surface area contributed by atoms with Crippen LogP contribution >= 0.6 is 11.6 Å². The number of nitrogens with zero attached hydrogens (tertiary/aromatic N) is 1. The summed E-state index contributed by atoms with van der Waals surface area (Å²) in [5.41, 5.74) is 2.79. The summed E-state index contributed by atoms with van der Waals surface area (Å²) in [6.07, 6.45) is 5.79. The number of carbonyl (C=O) groups is 2. The van der Waals surface area contributed by atoms with Crippen LogP contribution in [0.5, 0.6) is 5.75 Å². The third kappa shape index (κ3) is 8.34. The lowest BCUT2D eigenvalue weighted by Crippen LogP contribution is -2.53. The number of benzene rings is 3. The summed E-state index contributed by atoms with van der Waals surface area (Å²) in [4.78, 5) is 29.5. The summed E-state index contributed by atoms with van der Waals surface area (Å²) in [5.74, 6) is 0.326. The van der Waals surface area contributed by atoms with Crippen LogP contribution in [0.4, 0.5) is 0 Å². The molecule has 1 saturated carbocycles. The van der Waals surface area contributed by atoms with E-state index in [2.05, 4.69) is 26.1 Å². The Labute approximate surface area is 243 Å². The highest BCUT2D eigenvalue weighted by atomic mass is 35.5. The molecule has 1 N–H and O–H groups in total. The lowest BCUT2D eigenvalue weighted by molar-refractivity contribution is -0.143. The van der Waals surface area contributed by atoms with E-state index in [1.165, 1.54) is 6.42 Å². The van der Waals surface area contributed by atoms with Gasteiger partial charge in [-0.25, -0.2) is 0 Å². The van der Waals surface area contributed by atoms with E-state index in [9.17, 15) is 9.59 Å². The number of ether oxygens (including phenoxy) is 1. The van der Waals surface area contributed by atoms with Crippen LogP contribution < -0.4 is 10.1 Å². The van der Waals surface area contributed by atoms with Crippen molar-refractivity contribution in [1.29, 1.82) is 0 Å². The molecule has 6 heteroatoms. The van der Waals surface area contributed by atoms with Crippen LogP contribution in [0.2, 0.25) is 5.02 Å². The topological polar surface area (TPSA) is 58.6 Å². The number of hydrogen-bond acceptors (Lipinski definition) is 3. The summed E-state index contributed by atoms with van der Waals surface area (Å²) in [5, 5.41) is 3.90. The Balaban J connectivity index is 1.63. The van der Waals surface area contributed by atoms with E-state index in [4.69, 9.17) is 16.3 Å². The lowest BCUT2D eigenvalue weighted by Gasteiger charge is -2.33. The first kappa shape index (κ1) is 29.7. The maximum absolute atomic E-state index is 14.0. The fourth-order valence-electron chi connectivity index (χ4n) is 5.32. The van der Waals surface area contributed by atoms with Crippen LogP contribution in [-0.2, 0) is 28.0 Å². The molecule has 5 nitrogen and oxygen atoms in total. The van der Waals surface area contributed by atoms with E-state index >= 15 is 0 Å². The third-order valence-electron chi connectivity index (χ3n) is 7.54. The van der Waals surface area contributed by atoms with Crippen LogP contribution in [0.15, 0.2) is 78.9 Å². The average Bonchev–Trinajstić information content (AvgIpc) is 2.95. The Hall–Kier alpha value is -3.31. The Morgan fingerprint density at radius 1 is 0.900 bits per heavy atom. The smallest absolute Gasteiger partial charge is 0.261 e. The molecule has 3 aromatic rings. The first-order valence-electron chi connectivity index (χ1n) is 14.3. The SMILES string of the molecule is CC(C)(C)c1ccccc1OCC(=O)N(Cc1ccc(Cl)cc1)C(Cc1ccccc1)C(=O)NC1CCCCC1. The molecule has 0 aromatic heterocycles. The van der Waals surface area contributed by atoms with E-state index in [1.807, 2.05) is 78.9 Å². The van der Waals surface area contributed by atoms with Gasteiger partial charge in [0.2, 0.25) is 5.91 Å². The normalized spacial score (nSPS) is 14.8. The van der Waals surface area contributed by atoms with Crippen molar-refractivity contribution >= 4 is 23.4 Å². The molecule has 0 spiro atoms. The van der Waals surface area contributed by atoms with Crippen LogP contribution in [0.1, 0.15) is 69.6 Å². The highest BCUT2D eigenvalue weighted by Crippen LogP contribution is 2.31. The number of amides is 2. The zero-order chi connectivity index (χ0) is 28.5. The quantitative estimate of drug-likeness (QED) is 0.287. The molecule has 3 aromatic carbocycles. The van der Waals surface area contributed by atoms with Crippen molar-refractivity contribution < 1.29 is 14.3 Å². The van der Waals surface area contributed by atoms with Crippen LogP contribution in [0.25, 0.3) is 0 Å². The first-order chi connectivity index (χ1) is 19.2. The van der Waals surface area contributed by atoms with Gasteiger partial charge in [0.1, 0.15) is 11.8 Å². The van der Waals surface area contributed by atoms with E-state index in [0.717, 1.165) is 42.4 Å². The molecule has 40 heavy (non-hydrogen) atoms. The van der Waals surface area contributed by atoms with Crippen molar-refractivity contribution in [2.24, 2.45) is 0 Å². The van der Waals surface area contributed by atoms with E-state index in [-0.39, 0.29) is 36.4 Å². The van der Waals surface area contributed by atoms with Gasteiger partial charge in [0.05, 0.1) is 0 Å². The second kappa shape index (κ2) is 13.8. The molecule has 4 rings (SSSR count). The van der Waals surface area contributed by atoms with Crippen molar-refractivity contribution in [2.45, 2.75) is 83.3 Å². The van der Waals surface area contributed by atoms with Gasteiger partial charge in [0.25, 0.3) is 5.91 Å². The fraction of sp³-hybridized carbons (Fsp3) is 0.412. The fourth-order valence-corrected chi connectivity index (χ4v) is 5.45. The zero-order valence-electron chi connectivity index (χ0n) is 23.9. The van der Waals surface area contributed by atoms with Gasteiger partial charge in [-0.15, -0.1) is 0 Å². The van der Waals surface area contributed by atoms with Crippen molar-refractivity contribution in [3.63, 3.8) is 0 Å². The Kier molecular flexibility index (Phi) is 10.3. The minimum absolute atomic E-state index is 0.117. The number of para-hydroxylation sites is 1. The number of halogens is 1. The predicted molar refractivity (Wildman–Crippen MR) is 162 cm³/mol. The van der Waals surface area contributed by atoms with E-state index < -0.39 is 6.04 Å².